The van der Waals surface area contributed by atoms with Crippen LogP contribution in [-0.4, -0.2) is 23.6 Å². The molecule has 2 aromatic rings. The molecule has 0 spiro atoms. The molecule has 3 nitrogen and oxygen atoms in total. The van der Waals surface area contributed by atoms with E-state index in [9.17, 15) is 0 Å². The minimum absolute atomic E-state index is 0.321. The number of anilines is 1. The molecule has 1 aromatic carbocycles. The zero-order valence-electron chi connectivity index (χ0n) is 11.2. The van der Waals surface area contributed by atoms with Crippen molar-refractivity contribution in [2.24, 2.45) is 5.73 Å². The Balaban J connectivity index is 2.15. The third-order valence-corrected chi connectivity index (χ3v) is 3.65. The van der Waals surface area contributed by atoms with Crippen LogP contribution in [0.1, 0.15) is 11.1 Å². The van der Waals surface area contributed by atoms with Crippen molar-refractivity contribution >= 4 is 34.5 Å². The number of pyridine rings is 1. The summed E-state index contributed by atoms with van der Waals surface area (Å²) in [5.41, 5.74) is 8.71. The van der Waals surface area contributed by atoms with E-state index in [-0.39, 0.29) is 0 Å². The van der Waals surface area contributed by atoms with Gasteiger partial charge in [-0.05, 0) is 36.2 Å². The molecule has 0 amide bonds. The molecule has 0 saturated heterocycles. The van der Waals surface area contributed by atoms with E-state index in [4.69, 9.17) is 29.6 Å². The van der Waals surface area contributed by atoms with Gasteiger partial charge in [-0.3, -0.25) is 4.98 Å². The molecule has 0 saturated carbocycles. The average molecular weight is 306 g/mol. The summed E-state index contributed by atoms with van der Waals surface area (Å²) in [5.74, 6) is 0. The van der Waals surface area contributed by atoms with Crippen molar-refractivity contribution in [1.82, 2.24) is 4.98 Å². The SMILES string of the molecule is CN(CCc1ccncc1)c1cccc(Cl)c1C(N)=S. The van der Waals surface area contributed by atoms with Gasteiger partial charge in [-0.2, -0.15) is 0 Å². The Morgan fingerprint density at radius 3 is 2.65 bits per heavy atom. The van der Waals surface area contributed by atoms with Crippen LogP contribution in [0.25, 0.3) is 0 Å². The highest BCUT2D eigenvalue weighted by molar-refractivity contribution is 7.80. The zero-order chi connectivity index (χ0) is 14.5. The van der Waals surface area contributed by atoms with Crippen molar-refractivity contribution in [2.75, 3.05) is 18.5 Å². The summed E-state index contributed by atoms with van der Waals surface area (Å²) in [6.45, 7) is 0.847. The van der Waals surface area contributed by atoms with Crippen LogP contribution < -0.4 is 10.6 Å². The van der Waals surface area contributed by atoms with Crippen LogP contribution in [0, 0.1) is 0 Å². The molecule has 2 rings (SSSR count). The van der Waals surface area contributed by atoms with Crippen LogP contribution in [0.4, 0.5) is 5.69 Å². The Bertz CT molecular complexity index is 601. The normalized spacial score (nSPS) is 10.3. The standard InChI is InChI=1S/C15H16ClN3S/c1-19(10-7-11-5-8-18-9-6-11)13-4-2-3-12(16)14(13)15(17)20/h2-6,8-9H,7,10H2,1H3,(H2,17,20). The molecule has 0 radical (unpaired) electrons. The van der Waals surface area contributed by atoms with Crippen LogP contribution in [-0.2, 0) is 6.42 Å². The minimum atomic E-state index is 0.321. The molecule has 0 fully saturated rings. The van der Waals surface area contributed by atoms with Crippen molar-refractivity contribution in [3.05, 3.63) is 58.9 Å². The fourth-order valence-electron chi connectivity index (χ4n) is 2.04. The monoisotopic (exact) mass is 305 g/mol. The maximum absolute atomic E-state index is 6.18. The van der Waals surface area contributed by atoms with Crippen LogP contribution in [0.15, 0.2) is 42.7 Å². The summed E-state index contributed by atoms with van der Waals surface area (Å²) in [4.78, 5) is 6.45. The molecule has 1 aromatic heterocycles. The molecule has 1 heterocycles. The molecule has 20 heavy (non-hydrogen) atoms. The first-order chi connectivity index (χ1) is 9.59. The third kappa shape index (κ3) is 3.46. The lowest BCUT2D eigenvalue weighted by molar-refractivity contribution is 0.874. The van der Waals surface area contributed by atoms with Gasteiger partial charge >= 0.3 is 0 Å². The molecular formula is C15H16ClN3S. The number of aromatic nitrogens is 1. The minimum Gasteiger partial charge on any atom is -0.389 e. The lowest BCUT2D eigenvalue weighted by Gasteiger charge is -2.22. The second kappa shape index (κ2) is 6.68. The van der Waals surface area contributed by atoms with Crippen LogP contribution in [0.3, 0.4) is 0 Å². The van der Waals surface area contributed by atoms with Gasteiger partial charge in [-0.25, -0.2) is 0 Å². The quantitative estimate of drug-likeness (QED) is 0.862. The maximum atomic E-state index is 6.18. The predicted molar refractivity (Wildman–Crippen MR) is 88.6 cm³/mol. The number of benzene rings is 1. The first-order valence-corrected chi connectivity index (χ1v) is 7.06. The van der Waals surface area contributed by atoms with Crippen LogP contribution in [0.5, 0.6) is 0 Å². The number of hydrogen-bond donors (Lipinski definition) is 1. The van der Waals surface area contributed by atoms with Gasteiger partial charge in [0.15, 0.2) is 0 Å². The molecule has 0 aliphatic carbocycles. The highest BCUT2D eigenvalue weighted by Gasteiger charge is 2.13. The van der Waals surface area contributed by atoms with Gasteiger partial charge in [0.2, 0.25) is 0 Å². The van der Waals surface area contributed by atoms with Gasteiger partial charge in [0.1, 0.15) is 4.99 Å². The predicted octanol–water partition coefficient (Wildman–Crippen LogP) is 3.05. The zero-order valence-corrected chi connectivity index (χ0v) is 12.8. The van der Waals surface area contributed by atoms with Gasteiger partial charge in [0.05, 0.1) is 10.6 Å². The van der Waals surface area contributed by atoms with E-state index in [1.54, 1.807) is 18.5 Å². The summed E-state index contributed by atoms with van der Waals surface area (Å²) in [6.07, 6.45) is 4.52. The van der Waals surface area contributed by atoms with Crippen molar-refractivity contribution in [1.29, 1.82) is 0 Å². The van der Waals surface area contributed by atoms with Crippen molar-refractivity contribution in [2.45, 2.75) is 6.42 Å². The molecule has 0 aliphatic heterocycles. The summed E-state index contributed by atoms with van der Waals surface area (Å²) in [5, 5.41) is 0.589. The Kier molecular flexibility index (Phi) is 4.93. The first kappa shape index (κ1) is 14.8. The van der Waals surface area contributed by atoms with E-state index in [0.717, 1.165) is 24.2 Å². The van der Waals surface area contributed by atoms with Gasteiger partial charge in [-0.15, -0.1) is 0 Å². The van der Waals surface area contributed by atoms with E-state index in [1.807, 2.05) is 31.3 Å². The molecule has 0 atom stereocenters. The van der Waals surface area contributed by atoms with E-state index in [2.05, 4.69) is 9.88 Å². The maximum Gasteiger partial charge on any atom is 0.107 e. The Morgan fingerprint density at radius 1 is 1.30 bits per heavy atom. The van der Waals surface area contributed by atoms with Gasteiger partial charge < -0.3 is 10.6 Å². The number of halogens is 1. The van der Waals surface area contributed by atoms with Crippen LogP contribution >= 0.6 is 23.8 Å². The fourth-order valence-corrected chi connectivity index (χ4v) is 2.58. The Labute approximate surface area is 129 Å². The average Bonchev–Trinajstić information content (AvgIpc) is 2.45. The smallest absolute Gasteiger partial charge is 0.107 e. The number of rotatable bonds is 5. The lowest BCUT2D eigenvalue weighted by atomic mass is 10.1. The molecule has 0 unspecified atom stereocenters. The Morgan fingerprint density at radius 2 is 2.00 bits per heavy atom. The second-order valence-electron chi connectivity index (χ2n) is 4.53. The van der Waals surface area contributed by atoms with Gasteiger partial charge in [0.25, 0.3) is 0 Å². The number of thiocarbonyl (C=S) groups is 1. The van der Waals surface area contributed by atoms with E-state index >= 15 is 0 Å². The molecule has 0 aliphatic rings. The number of nitrogens with zero attached hydrogens (tertiary/aromatic N) is 2. The van der Waals surface area contributed by atoms with Crippen molar-refractivity contribution < 1.29 is 0 Å². The number of hydrogen-bond acceptors (Lipinski definition) is 3. The largest absolute Gasteiger partial charge is 0.389 e. The molecule has 5 heteroatoms. The summed E-state index contributed by atoms with van der Waals surface area (Å²) < 4.78 is 0. The van der Waals surface area contributed by atoms with Crippen LogP contribution in [0.2, 0.25) is 5.02 Å². The summed E-state index contributed by atoms with van der Waals surface area (Å²) in [6, 6.07) is 9.71. The van der Waals surface area contributed by atoms with Crippen molar-refractivity contribution in [3.63, 3.8) is 0 Å². The number of nitrogens with two attached hydrogens (primary N) is 1. The molecule has 104 valence electrons. The number of likely N-dealkylation sites (N-methyl/N-ethyl adjacent to an activating group) is 1. The molecular weight excluding hydrogens is 290 g/mol. The molecule has 2 N–H and O–H groups in total. The molecule has 0 bridgehead atoms. The topological polar surface area (TPSA) is 42.2 Å². The Hall–Kier alpha value is -1.65. The summed E-state index contributed by atoms with van der Waals surface area (Å²) >= 11 is 11.3. The van der Waals surface area contributed by atoms with Crippen molar-refractivity contribution in [3.8, 4) is 0 Å². The highest BCUT2D eigenvalue weighted by atomic mass is 35.5. The van der Waals surface area contributed by atoms with E-state index in [1.165, 1.54) is 5.56 Å². The first-order valence-electron chi connectivity index (χ1n) is 6.28. The second-order valence-corrected chi connectivity index (χ2v) is 5.37. The lowest BCUT2D eigenvalue weighted by Crippen LogP contribution is -2.24. The fraction of sp³-hybridized carbons (Fsp3) is 0.200. The summed E-state index contributed by atoms with van der Waals surface area (Å²) in [7, 11) is 2.01. The van der Waals surface area contributed by atoms with Gasteiger partial charge in [-0.1, -0.05) is 29.9 Å². The van der Waals surface area contributed by atoms with Gasteiger partial charge in [0, 0.05) is 31.7 Å². The third-order valence-electron chi connectivity index (χ3n) is 3.13. The highest BCUT2D eigenvalue weighted by Crippen LogP contribution is 2.26. The van der Waals surface area contributed by atoms with E-state index < -0.39 is 0 Å². The van der Waals surface area contributed by atoms with E-state index in [0.29, 0.717) is 10.0 Å².